The number of aliphatic imine (C=N–C) groups is 1. The van der Waals surface area contributed by atoms with Gasteiger partial charge in [0, 0.05) is 18.8 Å². The van der Waals surface area contributed by atoms with E-state index in [4.69, 9.17) is 4.74 Å². The fraction of sp³-hybridized carbons (Fsp3) is 0.429. The van der Waals surface area contributed by atoms with E-state index in [1.54, 1.807) is 0 Å². The van der Waals surface area contributed by atoms with Gasteiger partial charge in [-0.25, -0.2) is 9.79 Å². The number of carbonyl (C=O) groups is 1. The molecular weight excluding hydrogens is 242 g/mol. The van der Waals surface area contributed by atoms with Crippen molar-refractivity contribution in [3.8, 4) is 5.75 Å². The Balaban J connectivity index is 2.02. The molecule has 5 heteroatoms. The van der Waals surface area contributed by atoms with Gasteiger partial charge in [-0.2, -0.15) is 0 Å². The largest absolute Gasteiger partial charge is 0.492 e. The molecule has 0 saturated carbocycles. The SMILES string of the molecule is CCOc1ccccc1NC(=O)N=C1CCNCC1. The summed E-state index contributed by atoms with van der Waals surface area (Å²) >= 11 is 0. The van der Waals surface area contributed by atoms with Gasteiger partial charge in [-0.15, -0.1) is 0 Å². The number of anilines is 1. The van der Waals surface area contributed by atoms with Crippen LogP contribution >= 0.6 is 0 Å². The molecule has 2 rings (SSSR count). The molecule has 1 aliphatic rings. The highest BCUT2D eigenvalue weighted by Crippen LogP contribution is 2.23. The molecule has 2 amide bonds. The van der Waals surface area contributed by atoms with Gasteiger partial charge in [-0.3, -0.25) is 0 Å². The molecular formula is C14H19N3O2. The zero-order valence-electron chi connectivity index (χ0n) is 11.1. The summed E-state index contributed by atoms with van der Waals surface area (Å²) in [4.78, 5) is 16.0. The van der Waals surface area contributed by atoms with Gasteiger partial charge in [-0.05, 0) is 31.9 Å². The third kappa shape index (κ3) is 4.06. The van der Waals surface area contributed by atoms with E-state index in [2.05, 4.69) is 15.6 Å². The van der Waals surface area contributed by atoms with Gasteiger partial charge in [0.25, 0.3) is 0 Å². The molecule has 5 nitrogen and oxygen atoms in total. The molecule has 0 atom stereocenters. The molecule has 0 radical (unpaired) electrons. The second-order valence-electron chi connectivity index (χ2n) is 4.29. The average Bonchev–Trinajstić information content (AvgIpc) is 2.42. The number of carbonyl (C=O) groups excluding carboxylic acids is 1. The molecule has 0 spiro atoms. The van der Waals surface area contributed by atoms with Crippen LogP contribution in [0.15, 0.2) is 29.3 Å². The lowest BCUT2D eigenvalue weighted by Gasteiger charge is -2.14. The van der Waals surface area contributed by atoms with Crippen molar-refractivity contribution in [1.29, 1.82) is 0 Å². The Bertz CT molecular complexity index is 464. The maximum Gasteiger partial charge on any atom is 0.345 e. The number of rotatable bonds is 3. The van der Waals surface area contributed by atoms with Crippen LogP contribution in [0.1, 0.15) is 19.8 Å². The molecule has 0 aliphatic carbocycles. The molecule has 1 saturated heterocycles. The van der Waals surface area contributed by atoms with E-state index in [0.29, 0.717) is 18.0 Å². The second kappa shape index (κ2) is 6.89. The van der Waals surface area contributed by atoms with Crippen LogP contribution in [0.2, 0.25) is 0 Å². The van der Waals surface area contributed by atoms with Crippen molar-refractivity contribution in [3.63, 3.8) is 0 Å². The van der Waals surface area contributed by atoms with E-state index in [0.717, 1.165) is 31.6 Å². The Morgan fingerprint density at radius 3 is 2.84 bits per heavy atom. The summed E-state index contributed by atoms with van der Waals surface area (Å²) in [6.07, 6.45) is 1.67. The monoisotopic (exact) mass is 261 g/mol. The number of nitrogens with zero attached hydrogens (tertiary/aromatic N) is 1. The number of benzene rings is 1. The first-order valence-electron chi connectivity index (χ1n) is 6.59. The highest BCUT2D eigenvalue weighted by molar-refractivity contribution is 6.01. The number of para-hydroxylation sites is 2. The highest BCUT2D eigenvalue weighted by Gasteiger charge is 2.10. The zero-order valence-corrected chi connectivity index (χ0v) is 11.1. The Morgan fingerprint density at radius 1 is 1.37 bits per heavy atom. The minimum atomic E-state index is -0.330. The lowest BCUT2D eigenvalue weighted by atomic mass is 10.1. The van der Waals surface area contributed by atoms with Gasteiger partial charge < -0.3 is 15.4 Å². The summed E-state index contributed by atoms with van der Waals surface area (Å²) in [5.41, 5.74) is 1.61. The van der Waals surface area contributed by atoms with E-state index < -0.39 is 0 Å². The summed E-state index contributed by atoms with van der Waals surface area (Å²) in [5.74, 6) is 0.670. The number of piperidine rings is 1. The highest BCUT2D eigenvalue weighted by atomic mass is 16.5. The standard InChI is InChI=1S/C14H19N3O2/c1-2-19-13-6-4-3-5-12(13)17-14(18)16-11-7-9-15-10-8-11/h3-6,15H,2,7-10H2,1H3,(H,17,18). The van der Waals surface area contributed by atoms with Crippen LogP contribution in [0.25, 0.3) is 0 Å². The minimum absolute atomic E-state index is 0.330. The Hall–Kier alpha value is -1.88. The lowest BCUT2D eigenvalue weighted by molar-refractivity contribution is 0.259. The second-order valence-corrected chi connectivity index (χ2v) is 4.29. The molecule has 2 N–H and O–H groups in total. The fourth-order valence-corrected chi connectivity index (χ4v) is 1.97. The van der Waals surface area contributed by atoms with Gasteiger partial charge in [-0.1, -0.05) is 12.1 Å². The first kappa shape index (κ1) is 13.5. The van der Waals surface area contributed by atoms with Crippen LogP contribution in [0.4, 0.5) is 10.5 Å². The van der Waals surface area contributed by atoms with Gasteiger partial charge in [0.15, 0.2) is 0 Å². The average molecular weight is 261 g/mol. The fourth-order valence-electron chi connectivity index (χ4n) is 1.97. The molecule has 1 heterocycles. The van der Waals surface area contributed by atoms with Crippen LogP contribution in [-0.4, -0.2) is 31.4 Å². The van der Waals surface area contributed by atoms with Gasteiger partial charge in [0.1, 0.15) is 5.75 Å². The number of urea groups is 1. The first-order chi connectivity index (χ1) is 9.29. The summed E-state index contributed by atoms with van der Waals surface area (Å²) in [5, 5.41) is 6.00. The topological polar surface area (TPSA) is 62.7 Å². The van der Waals surface area contributed by atoms with E-state index >= 15 is 0 Å². The first-order valence-corrected chi connectivity index (χ1v) is 6.59. The number of hydrogen-bond donors (Lipinski definition) is 2. The van der Waals surface area contributed by atoms with Gasteiger partial charge >= 0.3 is 6.03 Å². The molecule has 1 fully saturated rings. The van der Waals surface area contributed by atoms with Crippen molar-refractivity contribution in [3.05, 3.63) is 24.3 Å². The van der Waals surface area contributed by atoms with Crippen molar-refractivity contribution in [2.75, 3.05) is 25.0 Å². The minimum Gasteiger partial charge on any atom is -0.492 e. The molecule has 102 valence electrons. The molecule has 0 bridgehead atoms. The molecule has 1 aromatic rings. The van der Waals surface area contributed by atoms with E-state index in [9.17, 15) is 4.79 Å². The Kier molecular flexibility index (Phi) is 4.92. The number of ether oxygens (including phenoxy) is 1. The van der Waals surface area contributed by atoms with Crippen molar-refractivity contribution in [1.82, 2.24) is 5.32 Å². The van der Waals surface area contributed by atoms with Crippen molar-refractivity contribution in [2.24, 2.45) is 4.99 Å². The Labute approximate surface area is 113 Å². The van der Waals surface area contributed by atoms with Gasteiger partial charge in [0.2, 0.25) is 0 Å². The summed E-state index contributed by atoms with van der Waals surface area (Å²) in [6, 6.07) is 7.04. The van der Waals surface area contributed by atoms with E-state index in [-0.39, 0.29) is 6.03 Å². The maximum atomic E-state index is 11.9. The van der Waals surface area contributed by atoms with Crippen LogP contribution in [0.3, 0.4) is 0 Å². The smallest absolute Gasteiger partial charge is 0.345 e. The van der Waals surface area contributed by atoms with Crippen molar-refractivity contribution in [2.45, 2.75) is 19.8 Å². The number of hydrogen-bond acceptors (Lipinski definition) is 3. The van der Waals surface area contributed by atoms with E-state index in [1.165, 1.54) is 0 Å². The predicted octanol–water partition coefficient (Wildman–Crippen LogP) is 2.44. The predicted molar refractivity (Wildman–Crippen MR) is 76.2 cm³/mol. The maximum absolute atomic E-state index is 11.9. The van der Waals surface area contributed by atoms with Crippen molar-refractivity contribution >= 4 is 17.4 Å². The van der Waals surface area contributed by atoms with Crippen LogP contribution in [0, 0.1) is 0 Å². The third-order valence-electron chi connectivity index (χ3n) is 2.87. The molecule has 0 unspecified atom stereocenters. The van der Waals surface area contributed by atoms with E-state index in [1.807, 2.05) is 31.2 Å². The van der Waals surface area contributed by atoms with Gasteiger partial charge in [0.05, 0.1) is 12.3 Å². The van der Waals surface area contributed by atoms with Crippen LogP contribution < -0.4 is 15.4 Å². The number of amides is 2. The normalized spacial score (nSPS) is 14.9. The Morgan fingerprint density at radius 2 is 2.11 bits per heavy atom. The molecule has 1 aromatic carbocycles. The van der Waals surface area contributed by atoms with Crippen LogP contribution in [-0.2, 0) is 0 Å². The molecule has 1 aliphatic heterocycles. The molecule has 0 aromatic heterocycles. The summed E-state index contributed by atoms with van der Waals surface area (Å²) in [7, 11) is 0. The summed E-state index contributed by atoms with van der Waals surface area (Å²) < 4.78 is 5.45. The van der Waals surface area contributed by atoms with Crippen LogP contribution in [0.5, 0.6) is 5.75 Å². The molecule has 19 heavy (non-hydrogen) atoms. The van der Waals surface area contributed by atoms with Crippen molar-refractivity contribution < 1.29 is 9.53 Å². The number of nitrogens with one attached hydrogen (secondary N) is 2. The quantitative estimate of drug-likeness (QED) is 0.878. The zero-order chi connectivity index (χ0) is 13.5. The lowest BCUT2D eigenvalue weighted by Crippen LogP contribution is -2.28. The third-order valence-corrected chi connectivity index (χ3v) is 2.87. The summed E-state index contributed by atoms with van der Waals surface area (Å²) in [6.45, 7) is 4.25.